The first-order valence-electron chi connectivity index (χ1n) is 16.3. The molecule has 2 fully saturated rings. The monoisotopic (exact) mass is 689 g/mol. The lowest BCUT2D eigenvalue weighted by Gasteiger charge is -2.39. The lowest BCUT2D eigenvalue weighted by atomic mass is 9.79. The molecule has 1 unspecified atom stereocenters. The fraction of sp³-hybridized carbons (Fsp3) is 0.429. The average molecular weight is 690 g/mol. The molecule has 2 amide bonds. The SMILES string of the molecule is CCOc1ncccc1C1(OC(=O)N2CCC(C3CCNCC3)CC2)C(=O)N(S(=O)(=O)c2ccc(OC)cc2OC)c2ccc(C#N)cc21. The number of pyridine rings is 1. The Morgan fingerprint density at radius 3 is 2.43 bits per heavy atom. The number of rotatable bonds is 9. The fourth-order valence-corrected chi connectivity index (χ4v) is 8.74. The van der Waals surface area contributed by atoms with Crippen LogP contribution in [0.3, 0.4) is 0 Å². The number of anilines is 1. The molecule has 258 valence electrons. The third kappa shape index (κ3) is 6.02. The van der Waals surface area contributed by atoms with E-state index >= 15 is 4.79 Å². The molecule has 3 aliphatic heterocycles. The van der Waals surface area contributed by atoms with Crippen molar-refractivity contribution in [3.8, 4) is 23.4 Å². The summed E-state index contributed by atoms with van der Waals surface area (Å²) in [5, 5.41) is 13.3. The zero-order valence-electron chi connectivity index (χ0n) is 27.7. The van der Waals surface area contributed by atoms with Crippen LogP contribution in [0, 0.1) is 23.2 Å². The molecular weight excluding hydrogens is 650 g/mol. The molecule has 0 saturated carbocycles. The van der Waals surface area contributed by atoms with E-state index in [1.54, 1.807) is 17.9 Å². The van der Waals surface area contributed by atoms with Gasteiger partial charge in [0.1, 0.15) is 16.4 Å². The molecule has 14 heteroatoms. The van der Waals surface area contributed by atoms with Gasteiger partial charge in [-0.15, -0.1) is 0 Å². The number of nitrogens with one attached hydrogen (secondary N) is 1. The Morgan fingerprint density at radius 1 is 1.02 bits per heavy atom. The summed E-state index contributed by atoms with van der Waals surface area (Å²) in [7, 11) is -1.99. The number of fused-ring (bicyclic) bond motifs is 1. The largest absolute Gasteiger partial charge is 0.497 e. The van der Waals surface area contributed by atoms with Crippen molar-refractivity contribution >= 4 is 27.7 Å². The van der Waals surface area contributed by atoms with Crippen molar-refractivity contribution in [1.29, 1.82) is 5.26 Å². The Hall–Kier alpha value is -4.87. The number of carbonyl (C=O) groups excluding carboxylic acids is 2. The first-order chi connectivity index (χ1) is 23.7. The number of aromatic nitrogens is 1. The van der Waals surface area contributed by atoms with E-state index < -0.39 is 27.6 Å². The van der Waals surface area contributed by atoms with E-state index in [1.165, 1.54) is 62.9 Å². The first kappa shape index (κ1) is 34.0. The molecule has 49 heavy (non-hydrogen) atoms. The van der Waals surface area contributed by atoms with Gasteiger partial charge in [-0.1, -0.05) is 0 Å². The van der Waals surface area contributed by atoms with Crippen LogP contribution in [0.2, 0.25) is 0 Å². The van der Waals surface area contributed by atoms with Gasteiger partial charge < -0.3 is 29.2 Å². The molecular formula is C35H39N5O8S. The molecule has 0 aliphatic carbocycles. The van der Waals surface area contributed by atoms with Crippen LogP contribution in [0.5, 0.6) is 17.4 Å². The van der Waals surface area contributed by atoms with Gasteiger partial charge in [-0.05, 0) is 100.0 Å². The molecule has 1 aromatic heterocycles. The zero-order valence-corrected chi connectivity index (χ0v) is 28.5. The molecule has 4 heterocycles. The topological polar surface area (TPSA) is 160 Å². The number of nitriles is 1. The van der Waals surface area contributed by atoms with Gasteiger partial charge in [-0.2, -0.15) is 9.57 Å². The zero-order chi connectivity index (χ0) is 34.8. The summed E-state index contributed by atoms with van der Waals surface area (Å²) < 4.78 is 52.5. The van der Waals surface area contributed by atoms with Crippen molar-refractivity contribution in [1.82, 2.24) is 15.2 Å². The van der Waals surface area contributed by atoms with Gasteiger partial charge in [-0.25, -0.2) is 18.2 Å². The number of sulfonamides is 1. The third-order valence-corrected chi connectivity index (χ3v) is 11.4. The summed E-state index contributed by atoms with van der Waals surface area (Å²) in [6, 6.07) is 13.3. The second kappa shape index (κ2) is 13.9. The number of carbonyl (C=O) groups is 2. The Labute approximate surface area is 285 Å². The van der Waals surface area contributed by atoms with Crippen molar-refractivity contribution in [3.05, 3.63) is 71.4 Å². The third-order valence-electron chi connectivity index (χ3n) is 9.62. The fourth-order valence-electron chi connectivity index (χ4n) is 7.15. The number of piperidine rings is 2. The minimum Gasteiger partial charge on any atom is -0.497 e. The van der Waals surface area contributed by atoms with Crippen LogP contribution in [-0.2, 0) is 25.2 Å². The highest BCUT2D eigenvalue weighted by Crippen LogP contribution is 2.52. The number of likely N-dealkylation sites (tertiary alicyclic amines) is 1. The van der Waals surface area contributed by atoms with Gasteiger partial charge in [0.2, 0.25) is 5.88 Å². The lowest BCUT2D eigenvalue weighted by molar-refractivity contribution is -0.132. The van der Waals surface area contributed by atoms with E-state index in [1.807, 2.05) is 0 Å². The van der Waals surface area contributed by atoms with Crippen molar-refractivity contribution in [2.24, 2.45) is 11.8 Å². The highest BCUT2D eigenvalue weighted by atomic mass is 32.2. The van der Waals surface area contributed by atoms with E-state index in [-0.39, 0.29) is 45.5 Å². The van der Waals surface area contributed by atoms with Crippen LogP contribution in [-0.4, -0.2) is 77.3 Å². The van der Waals surface area contributed by atoms with Gasteiger partial charge >= 0.3 is 6.09 Å². The number of benzene rings is 2. The average Bonchev–Trinajstić information content (AvgIpc) is 3.39. The Bertz CT molecular complexity index is 1880. The number of amides is 2. The summed E-state index contributed by atoms with van der Waals surface area (Å²) in [5.41, 5.74) is -2.34. The second-order valence-corrected chi connectivity index (χ2v) is 13.9. The second-order valence-electron chi connectivity index (χ2n) is 12.2. The smallest absolute Gasteiger partial charge is 0.411 e. The highest BCUT2D eigenvalue weighted by Gasteiger charge is 2.61. The Kier molecular flexibility index (Phi) is 9.67. The summed E-state index contributed by atoms with van der Waals surface area (Å²) in [4.78, 5) is 34.8. The van der Waals surface area contributed by atoms with Gasteiger partial charge in [0.25, 0.3) is 21.5 Å². The van der Waals surface area contributed by atoms with Gasteiger partial charge in [0.15, 0.2) is 0 Å². The summed E-state index contributed by atoms with van der Waals surface area (Å²) in [5.74, 6) is 0.204. The molecule has 2 saturated heterocycles. The summed E-state index contributed by atoms with van der Waals surface area (Å²) in [6.07, 6.45) is 4.41. The predicted octanol–water partition coefficient (Wildman–Crippen LogP) is 4.20. The van der Waals surface area contributed by atoms with Crippen LogP contribution >= 0.6 is 0 Å². The van der Waals surface area contributed by atoms with Gasteiger partial charge in [0.05, 0.1) is 43.7 Å². The van der Waals surface area contributed by atoms with E-state index in [0.717, 1.165) is 38.8 Å². The molecule has 3 aromatic rings. The molecule has 3 aliphatic rings. The van der Waals surface area contributed by atoms with Crippen LogP contribution in [0.1, 0.15) is 49.3 Å². The van der Waals surface area contributed by atoms with E-state index in [0.29, 0.717) is 35.0 Å². The van der Waals surface area contributed by atoms with Crippen LogP contribution in [0.15, 0.2) is 59.6 Å². The number of ether oxygens (including phenoxy) is 4. The van der Waals surface area contributed by atoms with Crippen molar-refractivity contribution in [3.63, 3.8) is 0 Å². The number of methoxy groups -OCH3 is 2. The maximum Gasteiger partial charge on any atom is 0.411 e. The minimum atomic E-state index is -4.72. The van der Waals surface area contributed by atoms with Crippen LogP contribution < -0.4 is 23.8 Å². The molecule has 2 aromatic carbocycles. The quantitative estimate of drug-likeness (QED) is 0.343. The predicted molar refractivity (Wildman–Crippen MR) is 178 cm³/mol. The van der Waals surface area contributed by atoms with E-state index in [4.69, 9.17) is 18.9 Å². The first-order valence-corrected chi connectivity index (χ1v) is 17.8. The molecule has 0 radical (unpaired) electrons. The maximum atomic E-state index is 15.1. The Balaban J connectivity index is 1.47. The van der Waals surface area contributed by atoms with Gasteiger partial charge in [-0.3, -0.25) is 4.79 Å². The van der Waals surface area contributed by atoms with Crippen LogP contribution in [0.4, 0.5) is 10.5 Å². The minimum absolute atomic E-state index is 0.0144. The molecule has 1 N–H and O–H groups in total. The number of hydrogen-bond donors (Lipinski definition) is 1. The molecule has 0 spiro atoms. The molecule has 0 bridgehead atoms. The molecule has 6 rings (SSSR count). The summed E-state index contributed by atoms with van der Waals surface area (Å²) >= 11 is 0. The van der Waals surface area contributed by atoms with Gasteiger partial charge in [0, 0.05) is 30.9 Å². The number of hydrogen-bond acceptors (Lipinski definition) is 11. The Morgan fingerprint density at radius 2 is 1.76 bits per heavy atom. The van der Waals surface area contributed by atoms with Crippen molar-refractivity contribution < 1.29 is 37.0 Å². The maximum absolute atomic E-state index is 15.1. The lowest BCUT2D eigenvalue weighted by Crippen LogP contribution is -2.50. The standard InChI is InChI=1S/C35H39N5O8S/c1-4-47-32-27(6-5-15-38-32)35(48-34(42)39-18-13-25(14-19-39)24-11-16-37-17-12-24)28-20-23(22-36)7-9-29(28)40(33(35)41)49(43,44)31-10-8-26(45-2)21-30(31)46-3/h5-10,15,20-21,24-25,37H,4,11-14,16-19H2,1-3H3. The van der Waals surface area contributed by atoms with Crippen LogP contribution in [0.25, 0.3) is 0 Å². The highest BCUT2D eigenvalue weighted by molar-refractivity contribution is 7.93. The van der Waals surface area contributed by atoms with Crippen molar-refractivity contribution in [2.75, 3.05) is 51.3 Å². The summed E-state index contributed by atoms with van der Waals surface area (Å²) in [6.45, 7) is 4.68. The molecule has 1 atom stereocenters. The normalized spacial score (nSPS) is 20.0. The van der Waals surface area contributed by atoms with E-state index in [2.05, 4.69) is 16.4 Å². The number of nitrogens with zero attached hydrogens (tertiary/aromatic N) is 4. The van der Waals surface area contributed by atoms with Crippen molar-refractivity contribution in [2.45, 2.75) is 43.1 Å². The molecule has 13 nitrogen and oxygen atoms in total. The van der Waals surface area contributed by atoms with E-state index in [9.17, 15) is 18.5 Å².